The molecule has 0 amide bonds. The van der Waals surface area contributed by atoms with Crippen molar-refractivity contribution in [1.82, 2.24) is 0 Å². The fourth-order valence-corrected chi connectivity index (χ4v) is 2.40. The second kappa shape index (κ2) is 5.10. The van der Waals surface area contributed by atoms with E-state index < -0.39 is 0 Å². The van der Waals surface area contributed by atoms with Gasteiger partial charge < -0.3 is 15.2 Å². The summed E-state index contributed by atoms with van der Waals surface area (Å²) in [5, 5.41) is 0. The molecule has 0 heterocycles. The zero-order chi connectivity index (χ0) is 10.6. The van der Waals surface area contributed by atoms with Crippen molar-refractivity contribution in [3.8, 4) is 0 Å². The van der Waals surface area contributed by atoms with Gasteiger partial charge in [0.2, 0.25) is 0 Å². The van der Waals surface area contributed by atoms with Crippen LogP contribution in [0, 0.1) is 0 Å². The van der Waals surface area contributed by atoms with Gasteiger partial charge in [0, 0.05) is 13.7 Å². The molecule has 14 heavy (non-hydrogen) atoms. The van der Waals surface area contributed by atoms with Crippen LogP contribution < -0.4 is 5.73 Å². The summed E-state index contributed by atoms with van der Waals surface area (Å²) < 4.78 is 11.5. The molecule has 0 bridgehead atoms. The summed E-state index contributed by atoms with van der Waals surface area (Å²) in [4.78, 5) is 0. The highest BCUT2D eigenvalue weighted by molar-refractivity contribution is 4.94. The molecule has 0 saturated heterocycles. The summed E-state index contributed by atoms with van der Waals surface area (Å²) in [5.74, 6) is 0. The molecule has 2 atom stereocenters. The van der Waals surface area contributed by atoms with Crippen molar-refractivity contribution >= 4 is 0 Å². The van der Waals surface area contributed by atoms with E-state index in [4.69, 9.17) is 15.2 Å². The number of nitrogens with two attached hydrogens (primary N) is 1. The number of methoxy groups -OCH3 is 1. The standard InChI is InChI=1S/C11H23NO2/c1-9(2)14-11(8-12)7-5-4-6-10(11)13-3/h9-10H,4-8,12H2,1-3H3. The second-order valence-electron chi connectivity index (χ2n) is 4.41. The number of hydrogen-bond acceptors (Lipinski definition) is 3. The van der Waals surface area contributed by atoms with E-state index in [0.29, 0.717) is 6.54 Å². The normalized spacial score (nSPS) is 33.6. The minimum Gasteiger partial charge on any atom is -0.378 e. The van der Waals surface area contributed by atoms with E-state index in [1.54, 1.807) is 7.11 Å². The molecular weight excluding hydrogens is 178 g/mol. The quantitative estimate of drug-likeness (QED) is 0.753. The van der Waals surface area contributed by atoms with Crippen molar-refractivity contribution in [1.29, 1.82) is 0 Å². The van der Waals surface area contributed by atoms with E-state index in [9.17, 15) is 0 Å². The van der Waals surface area contributed by atoms with Gasteiger partial charge in [-0.1, -0.05) is 12.8 Å². The van der Waals surface area contributed by atoms with Crippen molar-refractivity contribution in [3.63, 3.8) is 0 Å². The van der Waals surface area contributed by atoms with Crippen LogP contribution in [0.25, 0.3) is 0 Å². The van der Waals surface area contributed by atoms with Crippen LogP contribution in [0.1, 0.15) is 39.5 Å². The van der Waals surface area contributed by atoms with E-state index in [1.807, 2.05) is 0 Å². The minimum absolute atomic E-state index is 0.170. The lowest BCUT2D eigenvalue weighted by Crippen LogP contribution is -2.54. The van der Waals surface area contributed by atoms with Crippen molar-refractivity contribution in [3.05, 3.63) is 0 Å². The summed E-state index contributed by atoms with van der Waals surface area (Å²) in [6.07, 6.45) is 4.91. The molecule has 0 aromatic carbocycles. The third kappa shape index (κ3) is 2.47. The van der Waals surface area contributed by atoms with Crippen LogP contribution in [-0.2, 0) is 9.47 Å². The first-order chi connectivity index (χ1) is 6.64. The van der Waals surface area contributed by atoms with Gasteiger partial charge in [-0.3, -0.25) is 0 Å². The topological polar surface area (TPSA) is 44.5 Å². The third-order valence-corrected chi connectivity index (χ3v) is 3.00. The molecule has 0 aliphatic heterocycles. The van der Waals surface area contributed by atoms with Crippen LogP contribution in [0.15, 0.2) is 0 Å². The molecule has 1 aliphatic rings. The number of ether oxygens (including phenoxy) is 2. The number of hydrogen-bond donors (Lipinski definition) is 1. The first-order valence-corrected chi connectivity index (χ1v) is 5.55. The maximum atomic E-state index is 5.98. The zero-order valence-corrected chi connectivity index (χ0v) is 9.58. The SMILES string of the molecule is COC1CCCCC1(CN)OC(C)C. The van der Waals surface area contributed by atoms with Gasteiger partial charge in [-0.2, -0.15) is 0 Å². The van der Waals surface area contributed by atoms with Crippen molar-refractivity contribution in [2.24, 2.45) is 5.73 Å². The van der Waals surface area contributed by atoms with Crippen LogP contribution in [0.2, 0.25) is 0 Å². The Labute approximate surface area is 86.9 Å². The fourth-order valence-electron chi connectivity index (χ4n) is 2.40. The summed E-state index contributed by atoms with van der Waals surface area (Å²) in [6.45, 7) is 4.67. The van der Waals surface area contributed by atoms with Crippen molar-refractivity contribution in [2.75, 3.05) is 13.7 Å². The molecule has 0 aromatic rings. The van der Waals surface area contributed by atoms with Gasteiger partial charge in [0.25, 0.3) is 0 Å². The third-order valence-electron chi connectivity index (χ3n) is 3.00. The fraction of sp³-hybridized carbons (Fsp3) is 1.00. The molecule has 3 heteroatoms. The Hall–Kier alpha value is -0.120. The van der Waals surface area contributed by atoms with E-state index in [0.717, 1.165) is 12.8 Å². The Morgan fingerprint density at radius 3 is 2.64 bits per heavy atom. The zero-order valence-electron chi connectivity index (χ0n) is 9.58. The Kier molecular flexibility index (Phi) is 4.35. The highest BCUT2D eigenvalue weighted by atomic mass is 16.6. The van der Waals surface area contributed by atoms with Gasteiger partial charge in [-0.25, -0.2) is 0 Å². The highest BCUT2D eigenvalue weighted by Crippen LogP contribution is 2.33. The van der Waals surface area contributed by atoms with Crippen LogP contribution >= 0.6 is 0 Å². The molecule has 0 radical (unpaired) electrons. The second-order valence-corrected chi connectivity index (χ2v) is 4.41. The first kappa shape index (κ1) is 12.0. The van der Waals surface area contributed by atoms with Gasteiger partial charge in [-0.15, -0.1) is 0 Å². The van der Waals surface area contributed by atoms with Crippen LogP contribution in [0.5, 0.6) is 0 Å². The van der Waals surface area contributed by atoms with Crippen LogP contribution in [0.3, 0.4) is 0 Å². The molecule has 1 fully saturated rings. The number of rotatable bonds is 4. The average molecular weight is 201 g/mol. The molecule has 84 valence electrons. The minimum atomic E-state index is -0.235. The van der Waals surface area contributed by atoms with Gasteiger partial charge in [0.05, 0.1) is 12.2 Å². The van der Waals surface area contributed by atoms with E-state index in [2.05, 4.69) is 13.8 Å². The molecule has 3 nitrogen and oxygen atoms in total. The Morgan fingerprint density at radius 2 is 2.14 bits per heavy atom. The summed E-state index contributed by atoms with van der Waals surface area (Å²) in [5.41, 5.74) is 5.61. The van der Waals surface area contributed by atoms with Gasteiger partial charge in [0.15, 0.2) is 0 Å². The maximum Gasteiger partial charge on any atom is 0.107 e. The lowest BCUT2D eigenvalue weighted by molar-refractivity contribution is -0.168. The summed E-state index contributed by atoms with van der Waals surface area (Å²) in [6, 6.07) is 0. The monoisotopic (exact) mass is 201 g/mol. The lowest BCUT2D eigenvalue weighted by atomic mass is 9.81. The van der Waals surface area contributed by atoms with Crippen LogP contribution in [-0.4, -0.2) is 31.5 Å². The van der Waals surface area contributed by atoms with Gasteiger partial charge in [0.1, 0.15) is 5.60 Å². The van der Waals surface area contributed by atoms with E-state index in [-0.39, 0.29) is 17.8 Å². The molecule has 2 unspecified atom stereocenters. The molecule has 1 saturated carbocycles. The highest BCUT2D eigenvalue weighted by Gasteiger charge is 2.41. The van der Waals surface area contributed by atoms with Gasteiger partial charge in [-0.05, 0) is 26.7 Å². The summed E-state index contributed by atoms with van der Waals surface area (Å²) >= 11 is 0. The smallest absolute Gasteiger partial charge is 0.107 e. The van der Waals surface area contributed by atoms with Crippen LogP contribution in [0.4, 0.5) is 0 Å². The molecular formula is C11H23NO2. The predicted octanol–water partition coefficient (Wildman–Crippen LogP) is 1.70. The first-order valence-electron chi connectivity index (χ1n) is 5.55. The molecule has 1 rings (SSSR count). The summed E-state index contributed by atoms with van der Waals surface area (Å²) in [7, 11) is 1.75. The molecule has 2 N–H and O–H groups in total. The molecule has 1 aliphatic carbocycles. The average Bonchev–Trinajstić information content (AvgIpc) is 2.17. The Bertz CT molecular complexity index is 173. The largest absolute Gasteiger partial charge is 0.378 e. The predicted molar refractivity (Wildman–Crippen MR) is 57.3 cm³/mol. The van der Waals surface area contributed by atoms with E-state index >= 15 is 0 Å². The lowest BCUT2D eigenvalue weighted by Gasteiger charge is -2.43. The van der Waals surface area contributed by atoms with E-state index in [1.165, 1.54) is 12.8 Å². The Balaban J connectivity index is 2.70. The van der Waals surface area contributed by atoms with Crippen molar-refractivity contribution < 1.29 is 9.47 Å². The van der Waals surface area contributed by atoms with Crippen molar-refractivity contribution in [2.45, 2.75) is 57.3 Å². The molecule has 0 spiro atoms. The van der Waals surface area contributed by atoms with Gasteiger partial charge >= 0.3 is 0 Å². The maximum absolute atomic E-state index is 5.98. The Morgan fingerprint density at radius 1 is 1.43 bits per heavy atom. The molecule has 0 aromatic heterocycles.